The zero-order chi connectivity index (χ0) is 18.4. The van der Waals surface area contributed by atoms with Crippen LogP contribution in [0.4, 0.5) is 0 Å². The first-order valence-electron chi connectivity index (χ1n) is 9.20. The minimum Gasteiger partial charge on any atom is -0.378 e. The highest BCUT2D eigenvalue weighted by Crippen LogP contribution is 2.20. The standard InChI is InChI=1S/C10H19NO.C9H17NO2/c1-10(2,3)9(12)11-7-5-4-6-8-11;1-9(2,3)8(11)10-4-6-12-7-5-10/h4-8H2,1-3H3;4-7H2,1-3H3. The average Bonchev–Trinajstić information content (AvgIpc) is 2.54. The van der Waals surface area contributed by atoms with Crippen molar-refractivity contribution in [2.24, 2.45) is 10.8 Å². The van der Waals surface area contributed by atoms with Crippen LogP contribution in [0.15, 0.2) is 0 Å². The number of morpholine rings is 1. The molecule has 0 spiro atoms. The summed E-state index contributed by atoms with van der Waals surface area (Å²) >= 11 is 0. The van der Waals surface area contributed by atoms with Crippen LogP contribution >= 0.6 is 0 Å². The van der Waals surface area contributed by atoms with Gasteiger partial charge in [-0.2, -0.15) is 0 Å². The number of ether oxygens (including phenoxy) is 1. The summed E-state index contributed by atoms with van der Waals surface area (Å²) in [5.74, 6) is 0.535. The maximum absolute atomic E-state index is 11.7. The van der Waals surface area contributed by atoms with Crippen LogP contribution in [0.3, 0.4) is 0 Å². The third-order valence-electron chi connectivity index (χ3n) is 4.22. The Balaban J connectivity index is 0.000000240. The molecule has 2 heterocycles. The predicted molar refractivity (Wildman–Crippen MR) is 96.7 cm³/mol. The van der Waals surface area contributed by atoms with E-state index in [1.54, 1.807) is 0 Å². The summed E-state index contributed by atoms with van der Waals surface area (Å²) < 4.78 is 5.17. The SMILES string of the molecule is CC(C)(C)C(=O)N1CCCCC1.CC(C)(C)C(=O)N1CCOCC1. The lowest BCUT2D eigenvalue weighted by Gasteiger charge is -2.32. The molecule has 140 valence electrons. The monoisotopic (exact) mass is 340 g/mol. The van der Waals surface area contributed by atoms with E-state index in [9.17, 15) is 9.59 Å². The summed E-state index contributed by atoms with van der Waals surface area (Å²) in [6.07, 6.45) is 3.65. The van der Waals surface area contributed by atoms with Gasteiger partial charge in [-0.25, -0.2) is 0 Å². The molecule has 5 heteroatoms. The number of carbonyl (C=O) groups excluding carboxylic acids is 2. The first-order chi connectivity index (χ1) is 11.0. The first-order valence-corrected chi connectivity index (χ1v) is 9.20. The van der Waals surface area contributed by atoms with Gasteiger partial charge in [0.1, 0.15) is 0 Å². The van der Waals surface area contributed by atoms with E-state index in [4.69, 9.17) is 4.74 Å². The Labute approximate surface area is 147 Å². The van der Waals surface area contributed by atoms with E-state index in [1.165, 1.54) is 19.3 Å². The maximum atomic E-state index is 11.7. The molecule has 0 aromatic rings. The lowest BCUT2D eigenvalue weighted by molar-refractivity contribution is -0.143. The number of piperidine rings is 1. The second kappa shape index (κ2) is 8.84. The lowest BCUT2D eigenvalue weighted by atomic mass is 9.93. The topological polar surface area (TPSA) is 49.9 Å². The van der Waals surface area contributed by atoms with E-state index in [-0.39, 0.29) is 16.7 Å². The van der Waals surface area contributed by atoms with Gasteiger partial charge >= 0.3 is 0 Å². The average molecular weight is 341 g/mol. The molecule has 2 fully saturated rings. The molecular weight excluding hydrogens is 304 g/mol. The van der Waals surface area contributed by atoms with E-state index in [0.29, 0.717) is 19.1 Å². The van der Waals surface area contributed by atoms with Gasteiger partial charge in [0.2, 0.25) is 11.8 Å². The molecule has 2 amide bonds. The predicted octanol–water partition coefficient (Wildman–Crippen LogP) is 2.94. The van der Waals surface area contributed by atoms with E-state index >= 15 is 0 Å². The zero-order valence-electron chi connectivity index (χ0n) is 16.5. The Bertz CT molecular complexity index is 369. The molecule has 2 saturated heterocycles. The maximum Gasteiger partial charge on any atom is 0.228 e. The highest BCUT2D eigenvalue weighted by Gasteiger charge is 2.28. The van der Waals surface area contributed by atoms with Crippen molar-refractivity contribution in [1.82, 2.24) is 9.80 Å². The van der Waals surface area contributed by atoms with Crippen LogP contribution in [0.25, 0.3) is 0 Å². The fraction of sp³-hybridized carbons (Fsp3) is 0.895. The van der Waals surface area contributed by atoms with Gasteiger partial charge in [-0.05, 0) is 19.3 Å². The summed E-state index contributed by atoms with van der Waals surface area (Å²) in [7, 11) is 0. The third-order valence-corrected chi connectivity index (χ3v) is 4.22. The number of amides is 2. The van der Waals surface area contributed by atoms with Crippen molar-refractivity contribution in [3.63, 3.8) is 0 Å². The molecular formula is C19H36N2O3. The zero-order valence-corrected chi connectivity index (χ0v) is 16.5. The van der Waals surface area contributed by atoms with Crippen LogP contribution in [0.1, 0.15) is 60.8 Å². The second-order valence-corrected chi connectivity index (χ2v) is 8.76. The van der Waals surface area contributed by atoms with Crippen molar-refractivity contribution in [1.29, 1.82) is 0 Å². The lowest BCUT2D eigenvalue weighted by Crippen LogP contribution is -2.45. The van der Waals surface area contributed by atoms with Crippen LogP contribution in [-0.2, 0) is 14.3 Å². The van der Waals surface area contributed by atoms with Crippen molar-refractivity contribution < 1.29 is 14.3 Å². The molecule has 0 radical (unpaired) electrons. The number of hydrogen-bond donors (Lipinski definition) is 0. The van der Waals surface area contributed by atoms with Gasteiger partial charge in [0.05, 0.1) is 13.2 Å². The first kappa shape index (κ1) is 20.9. The van der Waals surface area contributed by atoms with E-state index in [2.05, 4.69) is 0 Å². The van der Waals surface area contributed by atoms with Crippen LogP contribution in [0, 0.1) is 10.8 Å². The van der Waals surface area contributed by atoms with Gasteiger partial charge < -0.3 is 14.5 Å². The fourth-order valence-electron chi connectivity index (χ4n) is 2.81. The number of rotatable bonds is 0. The van der Waals surface area contributed by atoms with Crippen molar-refractivity contribution in [2.45, 2.75) is 60.8 Å². The number of carbonyl (C=O) groups is 2. The van der Waals surface area contributed by atoms with Crippen molar-refractivity contribution in [3.8, 4) is 0 Å². The molecule has 2 aliphatic heterocycles. The second-order valence-electron chi connectivity index (χ2n) is 8.76. The van der Waals surface area contributed by atoms with Crippen molar-refractivity contribution in [3.05, 3.63) is 0 Å². The molecule has 0 aromatic heterocycles. The molecule has 0 N–H and O–H groups in total. The third kappa shape index (κ3) is 6.80. The molecule has 0 aromatic carbocycles. The Morgan fingerprint density at radius 2 is 1.04 bits per heavy atom. The molecule has 0 saturated carbocycles. The minimum absolute atomic E-state index is 0.197. The summed E-state index contributed by atoms with van der Waals surface area (Å²) in [6.45, 7) is 16.6. The molecule has 0 aliphatic carbocycles. The van der Waals surface area contributed by atoms with Gasteiger partial charge in [0.15, 0.2) is 0 Å². The van der Waals surface area contributed by atoms with E-state index in [0.717, 1.165) is 26.2 Å². The summed E-state index contributed by atoms with van der Waals surface area (Å²) in [5, 5.41) is 0. The van der Waals surface area contributed by atoms with Crippen LogP contribution in [-0.4, -0.2) is 61.0 Å². The molecule has 2 aliphatic rings. The van der Waals surface area contributed by atoms with Crippen LogP contribution in [0.2, 0.25) is 0 Å². The number of likely N-dealkylation sites (tertiary alicyclic amines) is 1. The van der Waals surface area contributed by atoms with E-state index < -0.39 is 0 Å². The Hall–Kier alpha value is -1.10. The van der Waals surface area contributed by atoms with Gasteiger partial charge in [-0.15, -0.1) is 0 Å². The molecule has 0 atom stereocenters. The van der Waals surface area contributed by atoms with Crippen LogP contribution < -0.4 is 0 Å². The van der Waals surface area contributed by atoms with E-state index in [1.807, 2.05) is 51.3 Å². The highest BCUT2D eigenvalue weighted by molar-refractivity contribution is 5.82. The molecule has 2 rings (SSSR count). The highest BCUT2D eigenvalue weighted by atomic mass is 16.5. The van der Waals surface area contributed by atoms with Gasteiger partial charge in [0, 0.05) is 37.0 Å². The van der Waals surface area contributed by atoms with Crippen LogP contribution in [0.5, 0.6) is 0 Å². The smallest absolute Gasteiger partial charge is 0.228 e. The Morgan fingerprint density at radius 1 is 0.667 bits per heavy atom. The number of nitrogens with zero attached hydrogens (tertiary/aromatic N) is 2. The summed E-state index contributed by atoms with van der Waals surface area (Å²) in [5.41, 5.74) is -0.450. The molecule has 5 nitrogen and oxygen atoms in total. The largest absolute Gasteiger partial charge is 0.378 e. The van der Waals surface area contributed by atoms with Crippen molar-refractivity contribution in [2.75, 3.05) is 39.4 Å². The normalized spacial score (nSPS) is 19.4. The quantitative estimate of drug-likeness (QED) is 0.681. The van der Waals surface area contributed by atoms with Crippen molar-refractivity contribution >= 4 is 11.8 Å². The molecule has 0 unspecified atom stereocenters. The molecule has 0 bridgehead atoms. The fourth-order valence-corrected chi connectivity index (χ4v) is 2.81. The van der Waals surface area contributed by atoms with Gasteiger partial charge in [-0.1, -0.05) is 41.5 Å². The van der Waals surface area contributed by atoms with Gasteiger partial charge in [0.25, 0.3) is 0 Å². The minimum atomic E-state index is -0.253. The summed E-state index contributed by atoms with van der Waals surface area (Å²) in [4.78, 5) is 27.3. The Kier molecular flexibility index (Phi) is 7.71. The Morgan fingerprint density at radius 3 is 1.42 bits per heavy atom. The molecule has 24 heavy (non-hydrogen) atoms. The van der Waals surface area contributed by atoms with Gasteiger partial charge in [-0.3, -0.25) is 9.59 Å². The summed E-state index contributed by atoms with van der Waals surface area (Å²) in [6, 6.07) is 0. The number of hydrogen-bond acceptors (Lipinski definition) is 3.